The zero-order valence-corrected chi connectivity index (χ0v) is 17.9. The van der Waals surface area contributed by atoms with Crippen molar-refractivity contribution in [3.8, 4) is 0 Å². The third kappa shape index (κ3) is 3.96. The zero-order chi connectivity index (χ0) is 21.3. The van der Waals surface area contributed by atoms with Crippen molar-refractivity contribution in [2.45, 2.75) is 31.6 Å². The van der Waals surface area contributed by atoms with Gasteiger partial charge in [0.25, 0.3) is 15.9 Å². The Balaban J connectivity index is 1.58. The molecule has 154 valence electrons. The number of hydrogen-bond acceptors (Lipinski definition) is 3. The van der Waals surface area contributed by atoms with E-state index in [0.29, 0.717) is 23.4 Å². The van der Waals surface area contributed by atoms with Gasteiger partial charge in [-0.05, 0) is 74.2 Å². The number of nitrogens with zero attached hydrogens (tertiary/aromatic N) is 1. The van der Waals surface area contributed by atoms with Crippen LogP contribution >= 0.6 is 0 Å². The smallest absolute Gasteiger partial charge is 0.261 e. The van der Waals surface area contributed by atoms with Gasteiger partial charge in [-0.3, -0.25) is 9.52 Å². The van der Waals surface area contributed by atoms with Gasteiger partial charge in [0.2, 0.25) is 0 Å². The molecule has 1 amide bonds. The maximum atomic E-state index is 13.2. The molecule has 0 spiro atoms. The third-order valence-corrected chi connectivity index (χ3v) is 6.79. The van der Waals surface area contributed by atoms with Crippen molar-refractivity contribution in [3.05, 3.63) is 89.0 Å². The quantitative estimate of drug-likeness (QED) is 0.665. The van der Waals surface area contributed by atoms with Crippen molar-refractivity contribution < 1.29 is 13.2 Å². The average molecular weight is 421 g/mol. The van der Waals surface area contributed by atoms with E-state index in [-0.39, 0.29) is 10.8 Å². The van der Waals surface area contributed by atoms with Crippen molar-refractivity contribution >= 4 is 27.3 Å². The fourth-order valence-corrected chi connectivity index (χ4v) is 4.86. The number of hydrogen-bond donors (Lipinski definition) is 1. The van der Waals surface area contributed by atoms with E-state index in [0.717, 1.165) is 24.1 Å². The van der Waals surface area contributed by atoms with Crippen LogP contribution in [-0.2, 0) is 16.4 Å². The molecule has 0 saturated heterocycles. The highest BCUT2D eigenvalue weighted by molar-refractivity contribution is 7.92. The number of anilines is 2. The number of aryl methyl sites for hydroxylation is 3. The van der Waals surface area contributed by atoms with Crippen molar-refractivity contribution in [2.24, 2.45) is 0 Å². The minimum absolute atomic E-state index is 0.0711. The number of rotatable bonds is 4. The number of fused-ring (bicyclic) bond motifs is 1. The number of para-hydroxylation sites is 1. The van der Waals surface area contributed by atoms with Crippen molar-refractivity contribution in [1.82, 2.24) is 0 Å². The summed E-state index contributed by atoms with van der Waals surface area (Å²) in [5, 5.41) is 0. The molecule has 3 aromatic rings. The Bertz CT molecular complexity index is 1200. The molecule has 1 N–H and O–H groups in total. The largest absolute Gasteiger partial charge is 0.308 e. The Morgan fingerprint density at radius 2 is 1.70 bits per heavy atom. The van der Waals surface area contributed by atoms with E-state index in [4.69, 9.17) is 0 Å². The Morgan fingerprint density at radius 3 is 2.43 bits per heavy atom. The number of amides is 1. The van der Waals surface area contributed by atoms with Gasteiger partial charge in [0.1, 0.15) is 0 Å². The van der Waals surface area contributed by atoms with Gasteiger partial charge in [-0.1, -0.05) is 35.9 Å². The minimum Gasteiger partial charge on any atom is -0.308 e. The van der Waals surface area contributed by atoms with Crippen LogP contribution in [0.5, 0.6) is 0 Å². The molecule has 0 aromatic heterocycles. The summed E-state index contributed by atoms with van der Waals surface area (Å²) in [5.41, 5.74) is 4.83. The molecule has 1 aliphatic heterocycles. The third-order valence-electron chi connectivity index (χ3n) is 5.40. The van der Waals surface area contributed by atoms with Gasteiger partial charge in [-0.15, -0.1) is 0 Å². The molecule has 0 saturated carbocycles. The summed E-state index contributed by atoms with van der Waals surface area (Å²) in [6, 6.07) is 19.7. The Labute approximate surface area is 177 Å². The summed E-state index contributed by atoms with van der Waals surface area (Å²) >= 11 is 0. The second-order valence-corrected chi connectivity index (χ2v) is 9.32. The van der Waals surface area contributed by atoms with Crippen LogP contribution in [-0.4, -0.2) is 20.9 Å². The minimum atomic E-state index is -3.69. The van der Waals surface area contributed by atoms with Crippen molar-refractivity contribution in [1.29, 1.82) is 0 Å². The standard InChI is InChI=1S/C24H24N2O3S/c1-17-9-12-21(13-10-17)30(28,29)25-22-14-11-20(16-18(22)2)24(27)26-15-5-7-19-6-3-4-8-23(19)26/h3-4,6,8-14,16,25H,5,7,15H2,1-2H3. The van der Waals surface area contributed by atoms with Crippen LogP contribution in [0.1, 0.15) is 33.5 Å². The molecule has 0 aliphatic carbocycles. The molecule has 0 atom stereocenters. The molecule has 0 unspecified atom stereocenters. The van der Waals surface area contributed by atoms with Crippen LogP contribution < -0.4 is 9.62 Å². The normalized spacial score (nSPS) is 13.6. The van der Waals surface area contributed by atoms with Crippen LogP contribution in [0, 0.1) is 13.8 Å². The van der Waals surface area contributed by atoms with Crippen LogP contribution in [0.25, 0.3) is 0 Å². The lowest BCUT2D eigenvalue weighted by atomic mass is 10.0. The lowest BCUT2D eigenvalue weighted by molar-refractivity contribution is 0.0985. The Morgan fingerprint density at radius 1 is 0.967 bits per heavy atom. The first-order valence-electron chi connectivity index (χ1n) is 9.95. The first kappa shape index (κ1) is 20.2. The van der Waals surface area contributed by atoms with Crippen molar-refractivity contribution in [3.63, 3.8) is 0 Å². The molecule has 6 heteroatoms. The molecular formula is C24H24N2O3S. The average Bonchev–Trinajstić information content (AvgIpc) is 2.74. The van der Waals surface area contributed by atoms with Gasteiger partial charge in [-0.25, -0.2) is 8.42 Å². The van der Waals surface area contributed by atoms with Gasteiger partial charge < -0.3 is 4.90 Å². The molecule has 0 bridgehead atoms. The first-order valence-corrected chi connectivity index (χ1v) is 11.4. The topological polar surface area (TPSA) is 66.5 Å². The Hall–Kier alpha value is -3.12. The van der Waals surface area contributed by atoms with E-state index in [1.807, 2.05) is 30.0 Å². The Kier molecular flexibility index (Phi) is 5.35. The number of nitrogens with one attached hydrogen (secondary N) is 1. The molecule has 30 heavy (non-hydrogen) atoms. The monoisotopic (exact) mass is 420 g/mol. The SMILES string of the molecule is Cc1ccc(S(=O)(=O)Nc2ccc(C(=O)N3CCCc4ccccc43)cc2C)cc1. The van der Waals surface area contributed by atoms with Gasteiger partial charge in [0.15, 0.2) is 0 Å². The van der Waals surface area contributed by atoms with E-state index < -0.39 is 10.0 Å². The number of carbonyl (C=O) groups is 1. The number of carbonyl (C=O) groups excluding carboxylic acids is 1. The highest BCUT2D eigenvalue weighted by Gasteiger charge is 2.24. The van der Waals surface area contributed by atoms with Gasteiger partial charge in [-0.2, -0.15) is 0 Å². The van der Waals surface area contributed by atoms with E-state index >= 15 is 0 Å². The van der Waals surface area contributed by atoms with Gasteiger partial charge in [0, 0.05) is 17.8 Å². The zero-order valence-electron chi connectivity index (χ0n) is 17.1. The predicted octanol–water partition coefficient (Wildman–Crippen LogP) is 4.70. The maximum absolute atomic E-state index is 13.2. The highest BCUT2D eigenvalue weighted by atomic mass is 32.2. The molecule has 1 aliphatic rings. The second kappa shape index (κ2) is 7.95. The summed E-state index contributed by atoms with van der Waals surface area (Å²) in [6.07, 6.45) is 1.90. The molecular weight excluding hydrogens is 396 g/mol. The molecule has 5 nitrogen and oxygen atoms in total. The van der Waals surface area contributed by atoms with Gasteiger partial charge >= 0.3 is 0 Å². The van der Waals surface area contributed by atoms with Crippen LogP contribution in [0.2, 0.25) is 0 Å². The van der Waals surface area contributed by atoms with E-state index in [1.54, 1.807) is 49.4 Å². The molecule has 3 aromatic carbocycles. The summed E-state index contributed by atoms with van der Waals surface area (Å²) in [5.74, 6) is -0.0711. The predicted molar refractivity (Wildman–Crippen MR) is 120 cm³/mol. The van der Waals surface area contributed by atoms with Crippen molar-refractivity contribution in [2.75, 3.05) is 16.2 Å². The van der Waals surface area contributed by atoms with E-state index in [1.165, 1.54) is 5.56 Å². The summed E-state index contributed by atoms with van der Waals surface area (Å²) < 4.78 is 28.0. The molecule has 1 heterocycles. The highest BCUT2D eigenvalue weighted by Crippen LogP contribution is 2.29. The van der Waals surface area contributed by atoms with E-state index in [9.17, 15) is 13.2 Å². The summed E-state index contributed by atoms with van der Waals surface area (Å²) in [6.45, 7) is 4.38. The van der Waals surface area contributed by atoms with Gasteiger partial charge in [0.05, 0.1) is 10.6 Å². The molecule has 0 fully saturated rings. The lowest BCUT2D eigenvalue weighted by Gasteiger charge is -2.29. The lowest BCUT2D eigenvalue weighted by Crippen LogP contribution is -2.35. The van der Waals surface area contributed by atoms with Crippen LogP contribution in [0.4, 0.5) is 11.4 Å². The van der Waals surface area contributed by atoms with Crippen LogP contribution in [0.15, 0.2) is 71.6 Å². The van der Waals surface area contributed by atoms with Crippen LogP contribution in [0.3, 0.4) is 0 Å². The second-order valence-electron chi connectivity index (χ2n) is 7.64. The fourth-order valence-electron chi connectivity index (χ4n) is 3.73. The van der Waals surface area contributed by atoms with E-state index in [2.05, 4.69) is 10.8 Å². The maximum Gasteiger partial charge on any atom is 0.261 e. The molecule has 4 rings (SSSR count). The number of sulfonamides is 1. The molecule has 0 radical (unpaired) electrons. The first-order chi connectivity index (χ1) is 14.3. The summed E-state index contributed by atoms with van der Waals surface area (Å²) in [7, 11) is -3.69. The fraction of sp³-hybridized carbons (Fsp3) is 0.208. The number of benzene rings is 3. The summed E-state index contributed by atoms with van der Waals surface area (Å²) in [4.78, 5) is 15.2.